The first kappa shape index (κ1) is 51.5. The summed E-state index contributed by atoms with van der Waals surface area (Å²) in [6.45, 7) is 25.2. The fraction of sp³-hybridized carbons (Fsp3) is 0.914. The van der Waals surface area contributed by atoms with Crippen molar-refractivity contribution in [3.05, 3.63) is 0 Å². The van der Waals surface area contributed by atoms with Gasteiger partial charge >= 0.3 is 15.6 Å². The summed E-state index contributed by atoms with van der Waals surface area (Å²) < 4.78 is 46.4. The number of carbonyl (C=O) groups excluding carboxylic acids is 2. The largest absolute Gasteiger partial charge is 0.472 e. The smallest absolute Gasteiger partial charge is 0.390 e. The number of carbonyl (C=O) groups is 2. The van der Waals surface area contributed by atoms with Gasteiger partial charge in [0.1, 0.15) is 17.8 Å². The summed E-state index contributed by atoms with van der Waals surface area (Å²) in [7, 11) is -9.05. The maximum absolute atomic E-state index is 13.1. The number of phosphoric acid groups is 2. The Bertz CT molecular complexity index is 1310. The molecular formula is C35H71N3O13P2. The molecular weight excluding hydrogens is 732 g/mol. The van der Waals surface area contributed by atoms with Crippen LogP contribution in [0.3, 0.4) is 0 Å². The molecule has 0 bridgehead atoms. The minimum absolute atomic E-state index is 0.203. The van der Waals surface area contributed by atoms with Crippen LogP contribution in [0.4, 0.5) is 0 Å². The Kier molecular flexibility index (Phi) is 19.6. The molecule has 0 aromatic heterocycles. The van der Waals surface area contributed by atoms with Crippen LogP contribution in [0.1, 0.15) is 136 Å². The van der Waals surface area contributed by atoms with Gasteiger partial charge in [0.2, 0.25) is 11.8 Å². The topological polar surface area (TPSA) is 232 Å². The van der Waals surface area contributed by atoms with E-state index in [0.29, 0.717) is 37.8 Å². The van der Waals surface area contributed by atoms with Crippen molar-refractivity contribution in [2.24, 2.45) is 21.4 Å². The number of rotatable bonds is 24. The highest BCUT2D eigenvalue weighted by Gasteiger charge is 2.41. The van der Waals surface area contributed by atoms with Crippen molar-refractivity contribution in [3.8, 4) is 0 Å². The van der Waals surface area contributed by atoms with Crippen LogP contribution in [-0.2, 0) is 41.7 Å². The van der Waals surface area contributed by atoms with Crippen LogP contribution in [0.25, 0.3) is 0 Å². The van der Waals surface area contributed by atoms with Gasteiger partial charge < -0.3 is 35.5 Å². The van der Waals surface area contributed by atoms with Crippen LogP contribution < -0.4 is 10.6 Å². The third-order valence-electron chi connectivity index (χ3n) is 8.34. The zero-order chi connectivity index (χ0) is 41.9. The summed E-state index contributed by atoms with van der Waals surface area (Å²) in [5.74, 6) is -1.34. The number of phosphoric ester groups is 2. The molecule has 0 saturated heterocycles. The third kappa shape index (κ3) is 22.0. The van der Waals surface area contributed by atoms with Crippen molar-refractivity contribution in [1.82, 2.24) is 10.6 Å². The average molecular weight is 804 g/mol. The van der Waals surface area contributed by atoms with Gasteiger partial charge in [0.25, 0.3) is 0 Å². The fourth-order valence-corrected chi connectivity index (χ4v) is 6.97. The van der Waals surface area contributed by atoms with E-state index < -0.39 is 80.5 Å². The van der Waals surface area contributed by atoms with Crippen LogP contribution in [-0.4, -0.2) is 92.8 Å². The molecule has 6 N–H and O–H groups in total. The number of amides is 2. The van der Waals surface area contributed by atoms with E-state index in [1.807, 2.05) is 41.5 Å². The van der Waals surface area contributed by atoms with Crippen LogP contribution in [0.2, 0.25) is 0 Å². The van der Waals surface area contributed by atoms with Crippen molar-refractivity contribution >= 4 is 33.2 Å². The summed E-state index contributed by atoms with van der Waals surface area (Å²) >= 11 is 0. The number of hydrogen-bond acceptors (Lipinski definition) is 12. The van der Waals surface area contributed by atoms with Crippen molar-refractivity contribution in [2.45, 2.75) is 165 Å². The number of hydrogen-bond donors (Lipinski definition) is 6. The lowest BCUT2D eigenvalue weighted by Gasteiger charge is -2.35. The highest BCUT2D eigenvalue weighted by molar-refractivity contribution is 7.47. The van der Waals surface area contributed by atoms with Crippen molar-refractivity contribution < 1.29 is 61.7 Å². The van der Waals surface area contributed by atoms with Gasteiger partial charge in [-0.25, -0.2) is 9.13 Å². The molecule has 0 aliphatic rings. The first-order valence-electron chi connectivity index (χ1n) is 18.1. The summed E-state index contributed by atoms with van der Waals surface area (Å²) in [4.78, 5) is 51.4. The molecule has 0 spiro atoms. The number of aliphatic hydroxyl groups is 2. The van der Waals surface area contributed by atoms with E-state index in [1.165, 1.54) is 27.7 Å². The lowest BCUT2D eigenvalue weighted by Crippen LogP contribution is -2.46. The van der Waals surface area contributed by atoms with E-state index >= 15 is 0 Å². The van der Waals surface area contributed by atoms with Gasteiger partial charge in [-0.2, -0.15) is 0 Å². The lowest BCUT2D eigenvalue weighted by molar-refractivity contribution is -0.137. The van der Waals surface area contributed by atoms with Gasteiger partial charge in [-0.15, -0.1) is 0 Å². The first-order chi connectivity index (χ1) is 23.6. The van der Waals surface area contributed by atoms with Crippen LogP contribution in [0.5, 0.6) is 0 Å². The first-order valence-corrected chi connectivity index (χ1v) is 21.1. The minimum atomic E-state index is -4.63. The van der Waals surface area contributed by atoms with Gasteiger partial charge in [-0.1, -0.05) is 53.6 Å². The second-order valence-electron chi connectivity index (χ2n) is 18.1. The van der Waals surface area contributed by atoms with Gasteiger partial charge in [-0.3, -0.25) is 27.7 Å². The zero-order valence-corrected chi connectivity index (χ0v) is 36.6. The average Bonchev–Trinajstić information content (AvgIpc) is 2.98. The summed E-state index contributed by atoms with van der Waals surface area (Å²) in [5, 5.41) is 30.7. The Morgan fingerprint density at radius 2 is 1.11 bits per heavy atom. The Labute approximate surface area is 317 Å². The van der Waals surface area contributed by atoms with Crippen molar-refractivity contribution in [2.75, 3.05) is 26.3 Å². The quantitative estimate of drug-likeness (QED) is 0.0374. The number of nitrogens with one attached hydrogen (secondary N) is 2. The number of aliphatic hydroxyl groups excluding tert-OH is 2. The van der Waals surface area contributed by atoms with E-state index in [0.717, 1.165) is 0 Å². The van der Waals surface area contributed by atoms with Gasteiger partial charge in [0.05, 0.1) is 30.1 Å². The minimum Gasteiger partial charge on any atom is -0.390 e. The molecule has 0 rings (SSSR count). The molecule has 16 nitrogen and oxygen atoms in total. The molecule has 0 saturated carbocycles. The SMILES string of the molecule is CCC(C)(CCC(C)(C)CCNC(=O)C(O)C(C)(C)COP(=O)(O)OC(C)(C)C)OP(=O)(O)OCC(C)(C)[C@H](O)C(=O)NCC/C(C)=N/OC(C)(C)C. The molecule has 314 valence electrons. The zero-order valence-electron chi connectivity index (χ0n) is 34.8. The molecule has 18 heteroatoms. The highest BCUT2D eigenvalue weighted by Crippen LogP contribution is 2.51. The number of nitrogens with zero attached hydrogens (tertiary/aromatic N) is 1. The molecule has 2 amide bonds. The third-order valence-corrected chi connectivity index (χ3v) is 10.7. The Hall–Kier alpha value is -1.45. The normalized spacial score (nSPS) is 18.3. The van der Waals surface area contributed by atoms with E-state index in [2.05, 4.69) is 15.8 Å². The Morgan fingerprint density at radius 3 is 1.53 bits per heavy atom. The molecule has 0 aromatic carbocycles. The molecule has 4 unspecified atom stereocenters. The monoisotopic (exact) mass is 803 g/mol. The standard InChI is InChI=1S/C35H71N3O13P2/c1-16-35(15,51-53(45,46)48-24-34(13,14)26(39)28(41)36-21-17-25(2)38-49-30(3,4)5)19-18-32(9,10)20-22-37-29(42)27(40)33(11,12)23-47-52(43,44)50-31(6,7)8/h26-27,39-40H,16-24H2,1-15H3,(H,36,41)(H,37,42)(H,43,44)(H,45,46)/b38-25+/t26-,27?,35?/m1/s1. The van der Waals surface area contributed by atoms with E-state index in [4.69, 9.17) is 22.9 Å². The predicted octanol–water partition coefficient (Wildman–Crippen LogP) is 6.01. The lowest BCUT2D eigenvalue weighted by atomic mass is 9.80. The summed E-state index contributed by atoms with van der Waals surface area (Å²) in [6.07, 6.45) is -0.929. The fourth-order valence-electron chi connectivity index (χ4n) is 4.40. The molecule has 5 atom stereocenters. The second-order valence-corrected chi connectivity index (χ2v) is 20.9. The Morgan fingerprint density at radius 1 is 0.679 bits per heavy atom. The molecule has 0 fully saturated rings. The summed E-state index contributed by atoms with van der Waals surface area (Å²) in [5.41, 5.74) is -4.61. The van der Waals surface area contributed by atoms with Gasteiger partial charge in [0, 0.05) is 30.3 Å². The predicted molar refractivity (Wildman–Crippen MR) is 204 cm³/mol. The van der Waals surface area contributed by atoms with Crippen molar-refractivity contribution in [1.29, 1.82) is 0 Å². The van der Waals surface area contributed by atoms with Crippen LogP contribution in [0.15, 0.2) is 5.16 Å². The summed E-state index contributed by atoms with van der Waals surface area (Å²) in [6, 6.07) is 0. The van der Waals surface area contributed by atoms with Crippen molar-refractivity contribution in [3.63, 3.8) is 0 Å². The van der Waals surface area contributed by atoms with E-state index in [-0.39, 0.29) is 18.5 Å². The number of oxime groups is 1. The van der Waals surface area contributed by atoms with Gasteiger partial charge in [-0.05, 0) is 86.5 Å². The van der Waals surface area contributed by atoms with E-state index in [9.17, 15) is 38.7 Å². The molecule has 0 radical (unpaired) electrons. The molecule has 0 aliphatic heterocycles. The maximum atomic E-state index is 13.1. The Balaban J connectivity index is 5.05. The second kappa shape index (κ2) is 20.1. The molecule has 0 aromatic rings. The van der Waals surface area contributed by atoms with Crippen LogP contribution >= 0.6 is 15.6 Å². The van der Waals surface area contributed by atoms with Gasteiger partial charge in [0.15, 0.2) is 0 Å². The van der Waals surface area contributed by atoms with E-state index in [1.54, 1.807) is 34.6 Å². The molecule has 0 heterocycles. The molecule has 0 aliphatic carbocycles. The highest BCUT2D eigenvalue weighted by atomic mass is 31.2. The maximum Gasteiger partial charge on any atom is 0.472 e. The van der Waals surface area contributed by atoms with Crippen LogP contribution in [0, 0.1) is 16.2 Å². The molecule has 53 heavy (non-hydrogen) atoms.